The van der Waals surface area contributed by atoms with E-state index in [0.29, 0.717) is 6.54 Å². The first-order chi connectivity index (χ1) is 15.1. The maximum atomic E-state index is 5.38. The van der Waals surface area contributed by atoms with Gasteiger partial charge in [-0.25, -0.2) is 0 Å². The first-order valence-corrected chi connectivity index (χ1v) is 11.1. The molecule has 2 aromatic carbocycles. The summed E-state index contributed by atoms with van der Waals surface area (Å²) in [6.45, 7) is 7.21. The van der Waals surface area contributed by atoms with Gasteiger partial charge in [0.25, 0.3) is 0 Å². The largest absolute Gasteiger partial charge is 0.493 e. The summed E-state index contributed by atoms with van der Waals surface area (Å²) in [5.74, 6) is 3.03. The van der Waals surface area contributed by atoms with Crippen molar-refractivity contribution < 1.29 is 9.47 Å². The molecule has 0 spiro atoms. The van der Waals surface area contributed by atoms with Crippen LogP contribution in [0, 0.1) is 5.92 Å². The fourth-order valence-corrected chi connectivity index (χ4v) is 4.03. The summed E-state index contributed by atoms with van der Waals surface area (Å²) >= 11 is 0. The quantitative estimate of drug-likeness (QED) is 0.499. The van der Waals surface area contributed by atoms with Gasteiger partial charge in [-0.1, -0.05) is 37.3 Å². The minimum Gasteiger partial charge on any atom is -0.493 e. The Morgan fingerprint density at radius 1 is 0.968 bits per heavy atom. The minimum atomic E-state index is 0.646. The third kappa shape index (κ3) is 6.89. The van der Waals surface area contributed by atoms with Crippen LogP contribution in [0.3, 0.4) is 0 Å². The maximum absolute atomic E-state index is 5.38. The van der Waals surface area contributed by atoms with Gasteiger partial charge in [-0.05, 0) is 54.1 Å². The average Bonchev–Trinajstić information content (AvgIpc) is 2.80. The molecular weight excluding hydrogens is 388 g/mol. The van der Waals surface area contributed by atoms with Gasteiger partial charge in [-0.3, -0.25) is 9.89 Å². The standard InChI is InChI=1S/C25H36N4O2/c1-19-6-5-13-29(17-19)18-21-9-7-20(8-10-21)15-27-25(26-2)28-16-22-11-12-23(30-3)24(14-22)31-4/h7-12,14,19H,5-6,13,15-18H2,1-4H3,(H2,26,27,28). The van der Waals surface area contributed by atoms with Crippen molar-refractivity contribution in [3.05, 3.63) is 59.2 Å². The Kier molecular flexibility index (Phi) is 8.59. The van der Waals surface area contributed by atoms with Gasteiger partial charge in [0, 0.05) is 33.2 Å². The number of hydrogen-bond donors (Lipinski definition) is 2. The Morgan fingerprint density at radius 3 is 2.26 bits per heavy atom. The van der Waals surface area contributed by atoms with E-state index in [1.165, 1.54) is 37.1 Å². The highest BCUT2D eigenvalue weighted by atomic mass is 16.5. The molecule has 3 rings (SSSR count). The highest BCUT2D eigenvalue weighted by molar-refractivity contribution is 5.79. The predicted molar refractivity (Wildman–Crippen MR) is 127 cm³/mol. The minimum absolute atomic E-state index is 0.646. The smallest absolute Gasteiger partial charge is 0.191 e. The summed E-state index contributed by atoms with van der Waals surface area (Å²) in [6, 6.07) is 14.8. The zero-order valence-electron chi connectivity index (χ0n) is 19.3. The number of guanidine groups is 1. The molecule has 1 aliphatic heterocycles. The van der Waals surface area contributed by atoms with Crippen molar-refractivity contribution in [3.8, 4) is 11.5 Å². The van der Waals surface area contributed by atoms with Gasteiger partial charge in [-0.15, -0.1) is 0 Å². The van der Waals surface area contributed by atoms with Gasteiger partial charge in [-0.2, -0.15) is 0 Å². The molecule has 0 amide bonds. The molecule has 168 valence electrons. The van der Waals surface area contributed by atoms with Crippen LogP contribution in [-0.4, -0.2) is 45.2 Å². The number of nitrogens with zero attached hydrogens (tertiary/aromatic N) is 2. The summed E-state index contributed by atoms with van der Waals surface area (Å²) in [5.41, 5.74) is 3.72. The second-order valence-corrected chi connectivity index (χ2v) is 8.27. The Hall–Kier alpha value is -2.73. The highest BCUT2D eigenvalue weighted by Crippen LogP contribution is 2.27. The van der Waals surface area contributed by atoms with Crippen LogP contribution in [-0.2, 0) is 19.6 Å². The summed E-state index contributed by atoms with van der Waals surface area (Å²) in [6.07, 6.45) is 2.68. The van der Waals surface area contributed by atoms with Crippen molar-refractivity contribution in [1.82, 2.24) is 15.5 Å². The molecule has 1 unspecified atom stereocenters. The highest BCUT2D eigenvalue weighted by Gasteiger charge is 2.16. The van der Waals surface area contributed by atoms with E-state index in [4.69, 9.17) is 9.47 Å². The molecular formula is C25H36N4O2. The molecule has 6 heteroatoms. The fourth-order valence-electron chi connectivity index (χ4n) is 4.03. The number of likely N-dealkylation sites (tertiary alicyclic amines) is 1. The van der Waals surface area contributed by atoms with Gasteiger partial charge in [0.1, 0.15) is 0 Å². The Balaban J connectivity index is 1.47. The van der Waals surface area contributed by atoms with Crippen LogP contribution in [0.2, 0.25) is 0 Å². The Bertz CT molecular complexity index is 851. The molecule has 6 nitrogen and oxygen atoms in total. The van der Waals surface area contributed by atoms with Crippen molar-refractivity contribution >= 4 is 5.96 Å². The molecule has 0 radical (unpaired) electrons. The van der Waals surface area contributed by atoms with Crippen molar-refractivity contribution in [3.63, 3.8) is 0 Å². The normalized spacial score (nSPS) is 17.3. The number of ether oxygens (including phenoxy) is 2. The lowest BCUT2D eigenvalue weighted by atomic mass is 9.99. The van der Waals surface area contributed by atoms with Gasteiger partial charge in [0.2, 0.25) is 0 Å². The summed E-state index contributed by atoms with van der Waals surface area (Å²) in [7, 11) is 5.07. The maximum Gasteiger partial charge on any atom is 0.191 e. The van der Waals surface area contributed by atoms with Crippen molar-refractivity contribution in [2.45, 2.75) is 39.4 Å². The van der Waals surface area contributed by atoms with E-state index in [1.807, 2.05) is 18.2 Å². The topological polar surface area (TPSA) is 58.1 Å². The summed E-state index contributed by atoms with van der Waals surface area (Å²) in [4.78, 5) is 6.90. The lowest BCUT2D eigenvalue weighted by Crippen LogP contribution is -2.36. The lowest BCUT2D eigenvalue weighted by Gasteiger charge is -2.30. The molecule has 0 aliphatic carbocycles. The SMILES string of the molecule is CN=C(NCc1ccc(CN2CCCC(C)C2)cc1)NCc1ccc(OC)c(OC)c1. The molecule has 1 saturated heterocycles. The Morgan fingerprint density at radius 2 is 1.61 bits per heavy atom. The molecule has 0 saturated carbocycles. The first-order valence-electron chi connectivity index (χ1n) is 11.1. The first kappa shape index (κ1) is 22.9. The van der Waals surface area contributed by atoms with E-state index in [2.05, 4.69) is 51.7 Å². The second-order valence-electron chi connectivity index (χ2n) is 8.27. The number of benzene rings is 2. The molecule has 1 atom stereocenters. The van der Waals surface area contributed by atoms with Crippen molar-refractivity contribution in [2.75, 3.05) is 34.4 Å². The number of methoxy groups -OCH3 is 2. The molecule has 2 aromatic rings. The van der Waals surface area contributed by atoms with E-state index in [9.17, 15) is 0 Å². The van der Waals surface area contributed by atoms with Crippen LogP contribution in [0.1, 0.15) is 36.5 Å². The van der Waals surface area contributed by atoms with Crippen molar-refractivity contribution in [1.29, 1.82) is 0 Å². The van der Waals surface area contributed by atoms with Gasteiger partial charge < -0.3 is 20.1 Å². The molecule has 0 bridgehead atoms. The number of aliphatic imine (C=N–C) groups is 1. The monoisotopic (exact) mass is 424 g/mol. The zero-order chi connectivity index (χ0) is 22.1. The van der Waals surface area contributed by atoms with Gasteiger partial charge >= 0.3 is 0 Å². The number of nitrogens with one attached hydrogen (secondary N) is 2. The molecule has 31 heavy (non-hydrogen) atoms. The fraction of sp³-hybridized carbons (Fsp3) is 0.480. The third-order valence-corrected chi connectivity index (χ3v) is 5.76. The van der Waals surface area contributed by atoms with Crippen LogP contribution >= 0.6 is 0 Å². The molecule has 1 fully saturated rings. The Labute approximate surface area is 186 Å². The van der Waals surface area contributed by atoms with E-state index in [-0.39, 0.29) is 0 Å². The molecule has 1 aliphatic rings. The van der Waals surface area contributed by atoms with Crippen LogP contribution in [0.15, 0.2) is 47.5 Å². The molecule has 2 N–H and O–H groups in total. The van der Waals surface area contributed by atoms with E-state index in [0.717, 1.165) is 42.0 Å². The number of piperidine rings is 1. The summed E-state index contributed by atoms with van der Waals surface area (Å²) < 4.78 is 10.7. The number of rotatable bonds is 8. The van der Waals surface area contributed by atoms with Crippen LogP contribution in [0.4, 0.5) is 0 Å². The molecule has 1 heterocycles. The lowest BCUT2D eigenvalue weighted by molar-refractivity contribution is 0.176. The van der Waals surface area contributed by atoms with E-state index in [1.54, 1.807) is 21.3 Å². The second kappa shape index (κ2) is 11.6. The van der Waals surface area contributed by atoms with Crippen LogP contribution in [0.5, 0.6) is 11.5 Å². The average molecular weight is 425 g/mol. The van der Waals surface area contributed by atoms with Gasteiger partial charge in [0.05, 0.1) is 14.2 Å². The van der Waals surface area contributed by atoms with Crippen LogP contribution in [0.25, 0.3) is 0 Å². The summed E-state index contributed by atoms with van der Waals surface area (Å²) in [5, 5.41) is 6.74. The van der Waals surface area contributed by atoms with Crippen molar-refractivity contribution in [2.24, 2.45) is 10.9 Å². The predicted octanol–water partition coefficient (Wildman–Crippen LogP) is 3.80. The molecule has 0 aromatic heterocycles. The van der Waals surface area contributed by atoms with E-state index < -0.39 is 0 Å². The third-order valence-electron chi connectivity index (χ3n) is 5.76. The number of hydrogen-bond acceptors (Lipinski definition) is 4. The van der Waals surface area contributed by atoms with E-state index >= 15 is 0 Å². The zero-order valence-corrected chi connectivity index (χ0v) is 19.3. The van der Waals surface area contributed by atoms with Crippen LogP contribution < -0.4 is 20.1 Å². The van der Waals surface area contributed by atoms with Gasteiger partial charge in [0.15, 0.2) is 17.5 Å².